The predicted molar refractivity (Wildman–Crippen MR) is 117 cm³/mol. The summed E-state index contributed by atoms with van der Waals surface area (Å²) in [5.74, 6) is -0.314. The number of halogens is 3. The molecule has 7 nitrogen and oxygen atoms in total. The van der Waals surface area contributed by atoms with Crippen molar-refractivity contribution in [1.29, 1.82) is 0 Å². The van der Waals surface area contributed by atoms with Gasteiger partial charge in [-0.15, -0.1) is 13.2 Å². The molecule has 1 aliphatic rings. The topological polar surface area (TPSA) is 94.9 Å². The van der Waals surface area contributed by atoms with Gasteiger partial charge in [0.2, 0.25) is 0 Å². The van der Waals surface area contributed by atoms with Gasteiger partial charge in [0.05, 0.1) is 18.4 Å². The van der Waals surface area contributed by atoms with E-state index in [0.29, 0.717) is 31.6 Å². The van der Waals surface area contributed by atoms with Crippen molar-refractivity contribution in [1.82, 2.24) is 9.88 Å². The molecule has 1 aromatic heterocycles. The minimum absolute atomic E-state index is 0.252. The Labute approximate surface area is 189 Å². The maximum absolute atomic E-state index is 12.6. The van der Waals surface area contributed by atoms with Gasteiger partial charge in [0.1, 0.15) is 5.75 Å². The summed E-state index contributed by atoms with van der Waals surface area (Å²) in [6.45, 7) is 3.90. The van der Waals surface area contributed by atoms with E-state index in [0.717, 1.165) is 22.4 Å². The van der Waals surface area contributed by atoms with Crippen molar-refractivity contribution in [3.63, 3.8) is 0 Å². The van der Waals surface area contributed by atoms with Crippen molar-refractivity contribution in [3.05, 3.63) is 58.9 Å². The fraction of sp³-hybridized carbons (Fsp3) is 0.391. The molecule has 178 valence electrons. The molecule has 1 aromatic carbocycles. The number of urea groups is 1. The standard InChI is InChI=1S/C23H26F3N3O4/c1-14-10-18(3-4-20(14)33-23(24,25)26)28-22(32)29-7-5-17(6-8-29)21-15(2)9-16(12-27-21)11-19(31)13-30/h3-5,9-10,12,19,30-31H,6-8,11,13H2,1-2H3,(H,28,32)/t19-/m0/s1. The lowest BCUT2D eigenvalue weighted by Gasteiger charge is -2.27. The van der Waals surface area contributed by atoms with Gasteiger partial charge in [-0.25, -0.2) is 4.79 Å². The Morgan fingerprint density at radius 3 is 2.61 bits per heavy atom. The van der Waals surface area contributed by atoms with Gasteiger partial charge in [0, 0.05) is 31.4 Å². The van der Waals surface area contributed by atoms with Gasteiger partial charge < -0.3 is 25.2 Å². The molecule has 1 atom stereocenters. The lowest BCUT2D eigenvalue weighted by molar-refractivity contribution is -0.274. The minimum atomic E-state index is -4.78. The number of aliphatic hydroxyl groups excluding tert-OH is 2. The summed E-state index contributed by atoms with van der Waals surface area (Å²) in [5.41, 5.74) is 4.24. The van der Waals surface area contributed by atoms with E-state index < -0.39 is 12.5 Å². The number of aliphatic hydroxyl groups is 2. The summed E-state index contributed by atoms with van der Waals surface area (Å²) < 4.78 is 41.2. The van der Waals surface area contributed by atoms with E-state index in [9.17, 15) is 23.1 Å². The molecule has 0 saturated carbocycles. The second-order valence-corrected chi connectivity index (χ2v) is 7.93. The normalized spacial score (nSPS) is 15.1. The molecular weight excluding hydrogens is 439 g/mol. The first-order valence-corrected chi connectivity index (χ1v) is 10.4. The summed E-state index contributed by atoms with van der Waals surface area (Å²) >= 11 is 0. The monoisotopic (exact) mass is 465 g/mol. The van der Waals surface area contributed by atoms with Crippen LogP contribution < -0.4 is 10.1 Å². The number of alkyl halides is 3. The number of nitrogens with zero attached hydrogens (tertiary/aromatic N) is 2. The molecular formula is C23H26F3N3O4. The first-order chi connectivity index (χ1) is 15.6. The molecule has 10 heteroatoms. The van der Waals surface area contributed by atoms with Crippen LogP contribution in [0.25, 0.3) is 5.57 Å². The van der Waals surface area contributed by atoms with Crippen LogP contribution in [0.1, 0.15) is 28.8 Å². The zero-order chi connectivity index (χ0) is 24.2. The highest BCUT2D eigenvalue weighted by atomic mass is 19.4. The largest absolute Gasteiger partial charge is 0.573 e. The van der Waals surface area contributed by atoms with Crippen molar-refractivity contribution < 1.29 is 32.9 Å². The maximum Gasteiger partial charge on any atom is 0.573 e. The molecule has 0 saturated heterocycles. The summed E-state index contributed by atoms with van der Waals surface area (Å²) in [5, 5.41) is 21.3. The Morgan fingerprint density at radius 1 is 1.27 bits per heavy atom. The molecule has 0 aliphatic carbocycles. The summed E-state index contributed by atoms with van der Waals surface area (Å²) in [7, 11) is 0. The average molecular weight is 465 g/mol. The predicted octanol–water partition coefficient (Wildman–Crippen LogP) is 3.81. The molecule has 2 aromatic rings. The number of ether oxygens (including phenoxy) is 1. The van der Waals surface area contributed by atoms with E-state index in [1.54, 1.807) is 11.1 Å². The van der Waals surface area contributed by atoms with E-state index in [-0.39, 0.29) is 24.0 Å². The highest BCUT2D eigenvalue weighted by Crippen LogP contribution is 2.29. The van der Waals surface area contributed by atoms with Crippen molar-refractivity contribution >= 4 is 17.3 Å². The third-order valence-corrected chi connectivity index (χ3v) is 5.27. The Morgan fingerprint density at radius 2 is 2.03 bits per heavy atom. The zero-order valence-electron chi connectivity index (χ0n) is 18.3. The Balaban J connectivity index is 1.61. The number of aromatic nitrogens is 1. The number of carbonyl (C=O) groups excluding carboxylic acids is 1. The third kappa shape index (κ3) is 6.69. The molecule has 0 fully saturated rings. The number of pyridine rings is 1. The quantitative estimate of drug-likeness (QED) is 0.603. The lowest BCUT2D eigenvalue weighted by Crippen LogP contribution is -2.38. The van der Waals surface area contributed by atoms with Crippen LogP contribution >= 0.6 is 0 Å². The average Bonchev–Trinajstić information content (AvgIpc) is 2.75. The van der Waals surface area contributed by atoms with Gasteiger partial charge in [-0.3, -0.25) is 4.98 Å². The van der Waals surface area contributed by atoms with E-state index >= 15 is 0 Å². The second kappa shape index (κ2) is 10.2. The number of carbonyl (C=O) groups is 1. The summed E-state index contributed by atoms with van der Waals surface area (Å²) in [6, 6.07) is 5.53. The van der Waals surface area contributed by atoms with Gasteiger partial charge in [-0.05, 0) is 60.7 Å². The van der Waals surface area contributed by atoms with Gasteiger partial charge >= 0.3 is 12.4 Å². The van der Waals surface area contributed by atoms with Crippen molar-refractivity contribution in [2.45, 2.75) is 39.2 Å². The van der Waals surface area contributed by atoms with Crippen LogP contribution in [0.2, 0.25) is 0 Å². The van der Waals surface area contributed by atoms with E-state index in [1.807, 2.05) is 19.1 Å². The first kappa shape index (κ1) is 24.5. The first-order valence-electron chi connectivity index (χ1n) is 10.4. The third-order valence-electron chi connectivity index (χ3n) is 5.27. The fourth-order valence-corrected chi connectivity index (χ4v) is 3.65. The van der Waals surface area contributed by atoms with E-state index in [2.05, 4.69) is 15.0 Å². The number of hydrogen-bond acceptors (Lipinski definition) is 5. The Kier molecular flexibility index (Phi) is 7.60. The number of amides is 2. The maximum atomic E-state index is 12.6. The van der Waals surface area contributed by atoms with Crippen LogP contribution in [0.4, 0.5) is 23.7 Å². The highest BCUT2D eigenvalue weighted by Gasteiger charge is 2.31. The van der Waals surface area contributed by atoms with E-state index in [1.165, 1.54) is 25.1 Å². The number of benzene rings is 1. The van der Waals surface area contributed by atoms with Crippen molar-refractivity contribution in [3.8, 4) is 5.75 Å². The van der Waals surface area contributed by atoms with Crippen LogP contribution in [0, 0.1) is 13.8 Å². The molecule has 1 aliphatic heterocycles. The molecule has 0 unspecified atom stereocenters. The lowest BCUT2D eigenvalue weighted by atomic mass is 9.99. The van der Waals surface area contributed by atoms with Crippen LogP contribution in [-0.4, -0.2) is 58.3 Å². The van der Waals surface area contributed by atoms with Gasteiger partial charge in [-0.1, -0.05) is 12.1 Å². The fourth-order valence-electron chi connectivity index (χ4n) is 3.65. The summed E-state index contributed by atoms with van der Waals surface area (Å²) in [6.07, 6.45) is -1.09. The van der Waals surface area contributed by atoms with Gasteiger partial charge in [0.15, 0.2) is 0 Å². The Bertz CT molecular complexity index is 1040. The molecule has 0 spiro atoms. The van der Waals surface area contributed by atoms with Crippen LogP contribution in [0.3, 0.4) is 0 Å². The summed E-state index contributed by atoms with van der Waals surface area (Å²) in [4.78, 5) is 18.7. The SMILES string of the molecule is Cc1cc(NC(=O)N2CC=C(c3ncc(C[C@H](O)CO)cc3C)CC2)ccc1OC(F)(F)F. The van der Waals surface area contributed by atoms with Crippen LogP contribution in [0.5, 0.6) is 5.75 Å². The molecule has 2 amide bonds. The van der Waals surface area contributed by atoms with Crippen molar-refractivity contribution in [2.75, 3.05) is 25.0 Å². The van der Waals surface area contributed by atoms with E-state index in [4.69, 9.17) is 5.11 Å². The highest BCUT2D eigenvalue weighted by molar-refractivity contribution is 5.90. The minimum Gasteiger partial charge on any atom is -0.406 e. The second-order valence-electron chi connectivity index (χ2n) is 7.93. The number of aryl methyl sites for hydroxylation is 2. The molecule has 3 N–H and O–H groups in total. The van der Waals surface area contributed by atoms with Crippen molar-refractivity contribution in [2.24, 2.45) is 0 Å². The van der Waals surface area contributed by atoms with Crippen LogP contribution in [-0.2, 0) is 6.42 Å². The molecule has 2 heterocycles. The number of nitrogens with one attached hydrogen (secondary N) is 1. The number of rotatable bonds is 6. The van der Waals surface area contributed by atoms with Gasteiger partial charge in [-0.2, -0.15) is 0 Å². The molecule has 33 heavy (non-hydrogen) atoms. The van der Waals surface area contributed by atoms with Gasteiger partial charge in [0.25, 0.3) is 0 Å². The van der Waals surface area contributed by atoms with Crippen LogP contribution in [0.15, 0.2) is 36.5 Å². The smallest absolute Gasteiger partial charge is 0.406 e. The zero-order valence-corrected chi connectivity index (χ0v) is 18.3. The Hall–Kier alpha value is -3.11. The number of anilines is 1. The molecule has 0 bridgehead atoms. The molecule has 3 rings (SSSR count). The number of hydrogen-bond donors (Lipinski definition) is 3. The molecule has 0 radical (unpaired) electrons.